The average Bonchev–Trinajstić information content (AvgIpc) is 2.88. The van der Waals surface area contributed by atoms with Gasteiger partial charge in [0.2, 0.25) is 0 Å². The molecule has 0 radical (unpaired) electrons. The molecule has 2 saturated carbocycles. The standard InChI is InChI=1S/C16H26O3/c1-5-18-10(2)6-16(17)19-9-14-7-13-8-15(14)12(4)11(13)3/h6,11-15H,5,7-9H2,1-4H3. The van der Waals surface area contributed by atoms with Crippen LogP contribution in [0.5, 0.6) is 0 Å². The summed E-state index contributed by atoms with van der Waals surface area (Å²) < 4.78 is 10.6. The highest BCUT2D eigenvalue weighted by Crippen LogP contribution is 2.54. The Morgan fingerprint density at radius 3 is 2.53 bits per heavy atom. The number of fused-ring (bicyclic) bond motifs is 2. The van der Waals surface area contributed by atoms with Crippen LogP contribution in [-0.2, 0) is 14.3 Å². The molecule has 3 nitrogen and oxygen atoms in total. The van der Waals surface area contributed by atoms with Gasteiger partial charge in [-0.1, -0.05) is 13.8 Å². The first-order valence-electron chi connectivity index (χ1n) is 7.50. The molecule has 2 aliphatic carbocycles. The lowest BCUT2D eigenvalue weighted by atomic mass is 9.76. The predicted octanol–water partition coefficient (Wildman–Crippen LogP) is 3.40. The van der Waals surface area contributed by atoms with E-state index in [4.69, 9.17) is 9.47 Å². The summed E-state index contributed by atoms with van der Waals surface area (Å²) in [4.78, 5) is 11.7. The third kappa shape index (κ3) is 3.13. The molecular formula is C16H26O3. The monoisotopic (exact) mass is 266 g/mol. The molecule has 0 amide bonds. The average molecular weight is 266 g/mol. The number of carbonyl (C=O) groups is 1. The van der Waals surface area contributed by atoms with E-state index in [0.717, 1.165) is 23.7 Å². The molecule has 3 heteroatoms. The van der Waals surface area contributed by atoms with Crippen LogP contribution in [-0.4, -0.2) is 19.2 Å². The highest BCUT2D eigenvalue weighted by molar-refractivity contribution is 5.82. The van der Waals surface area contributed by atoms with Gasteiger partial charge in [-0.2, -0.15) is 0 Å². The van der Waals surface area contributed by atoms with Crippen molar-refractivity contribution in [1.29, 1.82) is 0 Å². The first-order valence-corrected chi connectivity index (χ1v) is 7.50. The van der Waals surface area contributed by atoms with Crippen molar-refractivity contribution in [2.24, 2.45) is 29.6 Å². The summed E-state index contributed by atoms with van der Waals surface area (Å²) in [5.41, 5.74) is 0. The van der Waals surface area contributed by atoms with E-state index in [-0.39, 0.29) is 5.97 Å². The second kappa shape index (κ2) is 5.98. The van der Waals surface area contributed by atoms with Gasteiger partial charge in [0.15, 0.2) is 0 Å². The van der Waals surface area contributed by atoms with Crippen molar-refractivity contribution in [2.75, 3.05) is 13.2 Å². The normalized spacial score (nSPS) is 37.5. The van der Waals surface area contributed by atoms with E-state index < -0.39 is 0 Å². The van der Waals surface area contributed by atoms with Crippen LogP contribution in [0, 0.1) is 29.6 Å². The Bertz CT molecular complexity index is 359. The lowest BCUT2D eigenvalue weighted by molar-refractivity contribution is -0.140. The molecule has 0 N–H and O–H groups in total. The summed E-state index contributed by atoms with van der Waals surface area (Å²) >= 11 is 0. The topological polar surface area (TPSA) is 35.5 Å². The molecule has 2 aliphatic rings. The first-order chi connectivity index (χ1) is 9.02. The van der Waals surface area contributed by atoms with E-state index in [1.54, 1.807) is 6.92 Å². The third-order valence-electron chi connectivity index (χ3n) is 5.17. The maximum atomic E-state index is 11.7. The molecule has 108 valence electrons. The smallest absolute Gasteiger partial charge is 0.334 e. The minimum Gasteiger partial charge on any atom is -0.498 e. The molecule has 0 heterocycles. The molecule has 2 rings (SSSR count). The molecular weight excluding hydrogens is 240 g/mol. The van der Waals surface area contributed by atoms with E-state index in [0.29, 0.717) is 24.9 Å². The van der Waals surface area contributed by atoms with Crippen LogP contribution in [0.15, 0.2) is 11.8 Å². The fraction of sp³-hybridized carbons (Fsp3) is 0.812. The maximum absolute atomic E-state index is 11.7. The van der Waals surface area contributed by atoms with Crippen LogP contribution in [0.2, 0.25) is 0 Å². The van der Waals surface area contributed by atoms with E-state index in [2.05, 4.69) is 13.8 Å². The van der Waals surface area contributed by atoms with Crippen molar-refractivity contribution in [3.63, 3.8) is 0 Å². The van der Waals surface area contributed by atoms with Gasteiger partial charge in [-0.05, 0) is 56.3 Å². The molecule has 2 fully saturated rings. The summed E-state index contributed by atoms with van der Waals surface area (Å²) in [5.74, 6) is 4.16. The second-order valence-electron chi connectivity index (χ2n) is 6.19. The number of hydrogen-bond acceptors (Lipinski definition) is 3. The maximum Gasteiger partial charge on any atom is 0.334 e. The number of allylic oxidation sites excluding steroid dienone is 1. The highest BCUT2D eigenvalue weighted by atomic mass is 16.5. The summed E-state index contributed by atoms with van der Waals surface area (Å²) in [7, 11) is 0. The molecule has 19 heavy (non-hydrogen) atoms. The Balaban J connectivity index is 1.78. The van der Waals surface area contributed by atoms with Crippen molar-refractivity contribution >= 4 is 5.97 Å². The Morgan fingerprint density at radius 2 is 1.95 bits per heavy atom. The van der Waals surface area contributed by atoms with Gasteiger partial charge in [0.1, 0.15) is 5.76 Å². The van der Waals surface area contributed by atoms with Gasteiger partial charge in [0, 0.05) is 0 Å². The van der Waals surface area contributed by atoms with Crippen molar-refractivity contribution < 1.29 is 14.3 Å². The Morgan fingerprint density at radius 1 is 1.21 bits per heavy atom. The van der Waals surface area contributed by atoms with Gasteiger partial charge in [0.05, 0.1) is 19.3 Å². The number of rotatable bonds is 5. The van der Waals surface area contributed by atoms with Crippen molar-refractivity contribution in [2.45, 2.75) is 40.5 Å². The van der Waals surface area contributed by atoms with Crippen molar-refractivity contribution in [3.8, 4) is 0 Å². The lowest BCUT2D eigenvalue weighted by Gasteiger charge is -2.31. The number of hydrogen-bond donors (Lipinski definition) is 0. The third-order valence-corrected chi connectivity index (χ3v) is 5.17. The van der Waals surface area contributed by atoms with Crippen LogP contribution < -0.4 is 0 Å². The summed E-state index contributed by atoms with van der Waals surface area (Å²) in [6.07, 6.45) is 4.01. The molecule has 2 bridgehead atoms. The predicted molar refractivity (Wildman–Crippen MR) is 74.4 cm³/mol. The molecule has 0 aromatic heterocycles. The van der Waals surface area contributed by atoms with E-state index in [1.165, 1.54) is 18.9 Å². The Labute approximate surface area is 116 Å². The summed E-state index contributed by atoms with van der Waals surface area (Å²) in [5, 5.41) is 0. The number of carbonyl (C=O) groups excluding carboxylic acids is 1. The molecule has 0 spiro atoms. The zero-order valence-corrected chi connectivity index (χ0v) is 12.5. The fourth-order valence-electron chi connectivity index (χ4n) is 3.95. The van der Waals surface area contributed by atoms with E-state index in [9.17, 15) is 4.79 Å². The minimum absolute atomic E-state index is 0.269. The van der Waals surface area contributed by atoms with Crippen LogP contribution in [0.1, 0.15) is 40.5 Å². The quantitative estimate of drug-likeness (QED) is 0.434. The van der Waals surface area contributed by atoms with Crippen LogP contribution in [0.3, 0.4) is 0 Å². The number of esters is 1. The zero-order chi connectivity index (χ0) is 14.0. The van der Waals surface area contributed by atoms with Gasteiger partial charge < -0.3 is 9.47 Å². The van der Waals surface area contributed by atoms with Gasteiger partial charge in [-0.15, -0.1) is 0 Å². The summed E-state index contributed by atoms with van der Waals surface area (Å²) in [6.45, 7) is 9.56. The van der Waals surface area contributed by atoms with Gasteiger partial charge in [0.25, 0.3) is 0 Å². The number of ether oxygens (including phenoxy) is 2. The van der Waals surface area contributed by atoms with Crippen LogP contribution in [0.25, 0.3) is 0 Å². The SMILES string of the molecule is CCOC(C)=CC(=O)OCC1CC2CC1C(C)C2C. The molecule has 5 unspecified atom stereocenters. The van der Waals surface area contributed by atoms with E-state index in [1.807, 2.05) is 6.92 Å². The van der Waals surface area contributed by atoms with Gasteiger partial charge in [-0.25, -0.2) is 4.79 Å². The zero-order valence-electron chi connectivity index (χ0n) is 12.5. The molecule has 5 atom stereocenters. The Hall–Kier alpha value is -0.990. The van der Waals surface area contributed by atoms with Gasteiger partial charge >= 0.3 is 5.97 Å². The van der Waals surface area contributed by atoms with Gasteiger partial charge in [-0.3, -0.25) is 0 Å². The molecule has 0 aromatic carbocycles. The highest BCUT2D eigenvalue weighted by Gasteiger charge is 2.48. The van der Waals surface area contributed by atoms with Crippen molar-refractivity contribution in [3.05, 3.63) is 11.8 Å². The summed E-state index contributed by atoms with van der Waals surface area (Å²) in [6, 6.07) is 0. The molecule has 0 aromatic rings. The van der Waals surface area contributed by atoms with E-state index >= 15 is 0 Å². The lowest BCUT2D eigenvalue weighted by Crippen LogP contribution is -2.28. The second-order valence-corrected chi connectivity index (χ2v) is 6.19. The van der Waals surface area contributed by atoms with Crippen LogP contribution in [0.4, 0.5) is 0 Å². The minimum atomic E-state index is -0.269. The molecule has 0 saturated heterocycles. The van der Waals surface area contributed by atoms with Crippen molar-refractivity contribution in [1.82, 2.24) is 0 Å². The fourth-order valence-corrected chi connectivity index (χ4v) is 3.95. The molecule has 0 aliphatic heterocycles. The largest absolute Gasteiger partial charge is 0.498 e. The van der Waals surface area contributed by atoms with Crippen LogP contribution >= 0.6 is 0 Å². The Kier molecular flexibility index (Phi) is 4.54. The first kappa shape index (κ1) is 14.4.